The second-order valence-electron chi connectivity index (χ2n) is 14.1. The van der Waals surface area contributed by atoms with Gasteiger partial charge in [-0.2, -0.15) is 0 Å². The van der Waals surface area contributed by atoms with Crippen molar-refractivity contribution in [2.24, 2.45) is 0 Å². The van der Waals surface area contributed by atoms with Gasteiger partial charge in [-0.15, -0.1) is 0 Å². The molecule has 12 rings (SSSR count). The molecule has 3 aromatic heterocycles. The van der Waals surface area contributed by atoms with E-state index in [4.69, 9.17) is 14.4 Å². The molecule has 250 valence electrons. The van der Waals surface area contributed by atoms with Crippen LogP contribution in [0.5, 0.6) is 0 Å². The van der Waals surface area contributed by atoms with Crippen LogP contribution < -0.4 is 0 Å². The summed E-state index contributed by atoms with van der Waals surface area (Å²) in [4.78, 5) is 10.6. The van der Waals surface area contributed by atoms with E-state index in [0.717, 1.165) is 71.6 Å². The fraction of sp³-hybridized carbons (Fsp3) is 0. The minimum atomic E-state index is 0.673. The van der Waals surface area contributed by atoms with Crippen LogP contribution in [0.2, 0.25) is 0 Å². The Morgan fingerprint density at radius 2 is 0.907 bits per heavy atom. The largest absolute Gasteiger partial charge is 0.454 e. The van der Waals surface area contributed by atoms with Crippen molar-refractivity contribution in [1.29, 1.82) is 0 Å². The van der Waals surface area contributed by atoms with Crippen molar-refractivity contribution in [3.05, 3.63) is 176 Å². The van der Waals surface area contributed by atoms with Crippen molar-refractivity contribution >= 4 is 87.0 Å². The van der Waals surface area contributed by atoms with Crippen LogP contribution in [0.25, 0.3) is 115 Å². The van der Waals surface area contributed by atoms with Crippen molar-refractivity contribution in [2.45, 2.75) is 0 Å². The molecule has 0 aliphatic rings. The standard InChI is InChI=1S/C50H29N3O/c1-2-14-30(15-3-1)31-26-28-32(29-27-31)49-51-40-23-11-8-20-37(40)50(52-49)53-41-24-12-9-21-38(41)45-43-35-18-6-4-16-33(35)34-17-5-7-19-36(34)44(43)46-39-22-10-13-25-42(39)54-48(46)47(45)53/h1-29H. The van der Waals surface area contributed by atoms with Gasteiger partial charge >= 0.3 is 0 Å². The number of fused-ring (bicyclic) bond motifs is 16. The molecule has 0 unspecified atom stereocenters. The predicted molar refractivity (Wildman–Crippen MR) is 225 cm³/mol. The van der Waals surface area contributed by atoms with E-state index in [-0.39, 0.29) is 0 Å². The third kappa shape index (κ3) is 4.02. The first-order valence-electron chi connectivity index (χ1n) is 18.3. The Balaban J connectivity index is 1.28. The van der Waals surface area contributed by atoms with Gasteiger partial charge in [-0.3, -0.25) is 4.57 Å². The maximum absolute atomic E-state index is 7.04. The van der Waals surface area contributed by atoms with Crippen LogP contribution in [-0.4, -0.2) is 14.5 Å². The van der Waals surface area contributed by atoms with Gasteiger partial charge in [0, 0.05) is 43.3 Å². The number of hydrogen-bond donors (Lipinski definition) is 0. The van der Waals surface area contributed by atoms with Gasteiger partial charge in [-0.25, -0.2) is 9.97 Å². The molecule has 4 nitrogen and oxygen atoms in total. The van der Waals surface area contributed by atoms with Crippen molar-refractivity contribution in [2.75, 3.05) is 0 Å². The number of benzene rings is 9. The Morgan fingerprint density at radius 3 is 1.65 bits per heavy atom. The van der Waals surface area contributed by atoms with Gasteiger partial charge in [0.2, 0.25) is 0 Å². The molecule has 0 spiro atoms. The summed E-state index contributed by atoms with van der Waals surface area (Å²) in [5.41, 5.74) is 7.96. The van der Waals surface area contributed by atoms with Crippen molar-refractivity contribution in [3.8, 4) is 28.3 Å². The topological polar surface area (TPSA) is 43.9 Å². The Kier molecular flexibility index (Phi) is 6.02. The van der Waals surface area contributed by atoms with E-state index in [2.05, 4.69) is 174 Å². The maximum Gasteiger partial charge on any atom is 0.162 e. The molecule has 4 heteroatoms. The SMILES string of the molecule is c1ccc(-c2ccc(-c3nc(-n4c5ccccc5c5c6c7ccccc7c7ccccc7c6c6c7ccccc7oc6c54)c4ccccc4n3)cc2)cc1. The fourth-order valence-corrected chi connectivity index (χ4v) is 8.85. The van der Waals surface area contributed by atoms with Crippen LogP contribution in [-0.2, 0) is 0 Å². The highest BCUT2D eigenvalue weighted by atomic mass is 16.3. The van der Waals surface area contributed by atoms with E-state index in [1.54, 1.807) is 0 Å². The van der Waals surface area contributed by atoms with Crippen molar-refractivity contribution in [3.63, 3.8) is 0 Å². The van der Waals surface area contributed by atoms with Gasteiger partial charge in [0.1, 0.15) is 11.4 Å². The molecular formula is C50H29N3O. The summed E-state index contributed by atoms with van der Waals surface area (Å²) < 4.78 is 9.38. The third-order valence-electron chi connectivity index (χ3n) is 11.2. The van der Waals surface area contributed by atoms with Crippen LogP contribution >= 0.6 is 0 Å². The number of aromatic nitrogens is 3. The van der Waals surface area contributed by atoms with Gasteiger partial charge in [0.15, 0.2) is 11.4 Å². The highest BCUT2D eigenvalue weighted by Crippen LogP contribution is 2.50. The molecule has 0 atom stereocenters. The van der Waals surface area contributed by atoms with Crippen molar-refractivity contribution in [1.82, 2.24) is 14.5 Å². The number of rotatable bonds is 3. The molecule has 0 saturated heterocycles. The molecule has 0 amide bonds. The van der Waals surface area contributed by atoms with Gasteiger partial charge in [0.25, 0.3) is 0 Å². The smallest absolute Gasteiger partial charge is 0.162 e. The van der Waals surface area contributed by atoms with Crippen molar-refractivity contribution < 1.29 is 4.42 Å². The minimum absolute atomic E-state index is 0.673. The van der Waals surface area contributed by atoms with Crippen LogP contribution in [0.1, 0.15) is 0 Å². The van der Waals surface area contributed by atoms with E-state index < -0.39 is 0 Å². The summed E-state index contributed by atoms with van der Waals surface area (Å²) in [6.45, 7) is 0. The molecule has 0 radical (unpaired) electrons. The highest BCUT2D eigenvalue weighted by Gasteiger charge is 2.27. The molecule has 0 aliphatic heterocycles. The zero-order valence-electron chi connectivity index (χ0n) is 29.0. The average Bonchev–Trinajstić information content (AvgIpc) is 3.80. The summed E-state index contributed by atoms with van der Waals surface area (Å²) in [5.74, 6) is 1.49. The highest BCUT2D eigenvalue weighted by molar-refractivity contribution is 6.44. The molecular weight excluding hydrogens is 659 g/mol. The third-order valence-corrected chi connectivity index (χ3v) is 11.2. The molecule has 0 N–H and O–H groups in total. The summed E-state index contributed by atoms with van der Waals surface area (Å²) in [6, 6.07) is 62.2. The minimum Gasteiger partial charge on any atom is -0.454 e. The van der Waals surface area contributed by atoms with Crippen LogP contribution in [0.3, 0.4) is 0 Å². The second kappa shape index (κ2) is 11.1. The van der Waals surface area contributed by atoms with Gasteiger partial charge in [0.05, 0.1) is 16.6 Å². The Bertz CT molecular complexity index is 3490. The lowest BCUT2D eigenvalue weighted by atomic mass is 9.89. The molecule has 0 bridgehead atoms. The Morgan fingerprint density at radius 1 is 0.370 bits per heavy atom. The predicted octanol–water partition coefficient (Wildman–Crippen LogP) is 13.4. The summed E-state index contributed by atoms with van der Waals surface area (Å²) in [7, 11) is 0. The lowest BCUT2D eigenvalue weighted by molar-refractivity contribution is 0.671. The van der Waals surface area contributed by atoms with Gasteiger partial charge in [-0.05, 0) is 56.9 Å². The summed E-state index contributed by atoms with van der Waals surface area (Å²) in [6.07, 6.45) is 0. The quantitative estimate of drug-likeness (QED) is 0.174. The zero-order chi connectivity index (χ0) is 35.3. The van der Waals surface area contributed by atoms with E-state index in [1.807, 2.05) is 6.07 Å². The Labute approximate surface area is 309 Å². The van der Waals surface area contributed by atoms with E-state index in [9.17, 15) is 0 Å². The monoisotopic (exact) mass is 687 g/mol. The number of furan rings is 1. The Hall–Kier alpha value is -7.30. The molecule has 0 saturated carbocycles. The molecule has 0 aliphatic carbocycles. The fourth-order valence-electron chi connectivity index (χ4n) is 8.85. The van der Waals surface area contributed by atoms with Crippen LogP contribution in [0.15, 0.2) is 180 Å². The normalized spacial score (nSPS) is 12.1. The van der Waals surface area contributed by atoms with Crippen LogP contribution in [0, 0.1) is 0 Å². The number of para-hydroxylation sites is 3. The first-order valence-corrected chi connectivity index (χ1v) is 18.3. The summed E-state index contributed by atoms with van der Waals surface area (Å²) >= 11 is 0. The van der Waals surface area contributed by atoms with E-state index in [0.29, 0.717) is 5.82 Å². The molecule has 12 aromatic rings. The summed E-state index contributed by atoms with van der Waals surface area (Å²) in [5, 5.41) is 12.8. The van der Waals surface area contributed by atoms with E-state index >= 15 is 0 Å². The number of hydrogen-bond acceptors (Lipinski definition) is 3. The maximum atomic E-state index is 7.04. The first kappa shape index (κ1) is 29.3. The average molecular weight is 688 g/mol. The molecule has 54 heavy (non-hydrogen) atoms. The lowest BCUT2D eigenvalue weighted by Gasteiger charge is -2.15. The van der Waals surface area contributed by atoms with Gasteiger partial charge < -0.3 is 4.42 Å². The first-order chi connectivity index (χ1) is 26.8. The second-order valence-corrected chi connectivity index (χ2v) is 14.1. The lowest BCUT2D eigenvalue weighted by Crippen LogP contribution is -2.03. The number of nitrogens with zero attached hydrogens (tertiary/aromatic N) is 3. The van der Waals surface area contributed by atoms with E-state index in [1.165, 1.54) is 37.9 Å². The molecule has 0 fully saturated rings. The van der Waals surface area contributed by atoms with Crippen LogP contribution in [0.4, 0.5) is 0 Å². The van der Waals surface area contributed by atoms with Gasteiger partial charge in [-0.1, -0.05) is 152 Å². The molecule has 3 heterocycles. The zero-order valence-corrected chi connectivity index (χ0v) is 29.0. The molecule has 9 aromatic carbocycles.